The maximum absolute atomic E-state index is 11.6. The van der Waals surface area contributed by atoms with E-state index in [0.29, 0.717) is 11.6 Å². The van der Waals surface area contributed by atoms with Gasteiger partial charge in [0.25, 0.3) is 0 Å². The highest BCUT2D eigenvalue weighted by Gasteiger charge is 2.25. The minimum atomic E-state index is -0.939. The number of hydrogen-bond acceptors (Lipinski definition) is 4. The maximum atomic E-state index is 11.6. The Morgan fingerprint density at radius 2 is 2.20 bits per heavy atom. The number of methoxy groups -OCH3 is 1. The zero-order valence-electron chi connectivity index (χ0n) is 15.6. The van der Waals surface area contributed by atoms with Gasteiger partial charge in [0.2, 0.25) is 0 Å². The molecule has 0 aliphatic heterocycles. The molecule has 136 valence electrons. The first-order valence-electron chi connectivity index (χ1n) is 8.55. The molecule has 25 heavy (non-hydrogen) atoms. The van der Waals surface area contributed by atoms with Crippen molar-refractivity contribution in [1.82, 2.24) is 0 Å². The minimum absolute atomic E-state index is 0.123. The molecular weight excluding hydrogens is 334 g/mol. The zero-order valence-corrected chi connectivity index (χ0v) is 16.4. The number of aromatic carboxylic acids is 1. The van der Waals surface area contributed by atoms with E-state index in [1.54, 1.807) is 7.11 Å². The van der Waals surface area contributed by atoms with Crippen LogP contribution in [0.2, 0.25) is 0 Å². The lowest BCUT2D eigenvalue weighted by atomic mass is 9.89. The van der Waals surface area contributed by atoms with Gasteiger partial charge in [-0.15, -0.1) is 11.3 Å². The highest BCUT2D eigenvalue weighted by molar-refractivity contribution is 7.15. The van der Waals surface area contributed by atoms with Gasteiger partial charge in [-0.1, -0.05) is 23.5 Å². The number of carboxylic acid groups (broad SMARTS) is 1. The van der Waals surface area contributed by atoms with Crippen molar-refractivity contribution in [3.05, 3.63) is 27.5 Å². The SMILES string of the molecule is COC(Nc1cc(C#CC(C)(C)C)sc1C(=O)O)C1CC=C(C)CC1. The van der Waals surface area contributed by atoms with Crippen LogP contribution in [0.15, 0.2) is 17.7 Å². The van der Waals surface area contributed by atoms with E-state index in [0.717, 1.165) is 24.1 Å². The maximum Gasteiger partial charge on any atom is 0.348 e. The fraction of sp³-hybridized carbons (Fsp3) is 0.550. The number of ether oxygens (including phenoxy) is 1. The van der Waals surface area contributed by atoms with Crippen molar-refractivity contribution in [2.24, 2.45) is 11.3 Å². The van der Waals surface area contributed by atoms with Gasteiger partial charge in [-0.2, -0.15) is 0 Å². The standard InChI is InChI=1S/C20H27NO3S/c1-13-6-8-14(9-7-13)18(24-5)21-16-12-15(10-11-20(2,3)4)25-17(16)19(22)23/h6,12,14,18,21H,7-9H2,1-5H3,(H,22,23). The summed E-state index contributed by atoms with van der Waals surface area (Å²) in [6.45, 7) is 8.24. The molecule has 4 nitrogen and oxygen atoms in total. The normalized spacial score (nSPS) is 18.8. The first-order valence-corrected chi connectivity index (χ1v) is 9.36. The smallest absolute Gasteiger partial charge is 0.348 e. The van der Waals surface area contributed by atoms with Crippen molar-refractivity contribution < 1.29 is 14.6 Å². The number of hydrogen-bond donors (Lipinski definition) is 2. The third kappa shape index (κ3) is 5.62. The summed E-state index contributed by atoms with van der Waals surface area (Å²) in [6, 6.07) is 1.82. The highest BCUT2D eigenvalue weighted by atomic mass is 32.1. The number of carbonyl (C=O) groups is 1. The van der Waals surface area contributed by atoms with E-state index in [9.17, 15) is 9.90 Å². The third-order valence-corrected chi connectivity index (χ3v) is 5.18. The average Bonchev–Trinajstić information content (AvgIpc) is 2.94. The minimum Gasteiger partial charge on any atom is -0.477 e. The van der Waals surface area contributed by atoms with E-state index in [-0.39, 0.29) is 16.5 Å². The van der Waals surface area contributed by atoms with Crippen molar-refractivity contribution in [2.75, 3.05) is 12.4 Å². The second-order valence-electron chi connectivity index (χ2n) is 7.54. The molecule has 2 unspecified atom stereocenters. The molecule has 0 radical (unpaired) electrons. The molecule has 5 heteroatoms. The lowest BCUT2D eigenvalue weighted by Gasteiger charge is -2.29. The number of carboxylic acids is 1. The van der Waals surface area contributed by atoms with E-state index in [1.807, 2.05) is 26.8 Å². The second-order valence-corrected chi connectivity index (χ2v) is 8.60. The fourth-order valence-electron chi connectivity index (χ4n) is 2.75. The van der Waals surface area contributed by atoms with Crippen molar-refractivity contribution in [3.63, 3.8) is 0 Å². The predicted octanol–water partition coefficient (Wildman–Crippen LogP) is 4.97. The van der Waals surface area contributed by atoms with Crippen molar-refractivity contribution >= 4 is 23.0 Å². The van der Waals surface area contributed by atoms with E-state index in [2.05, 4.69) is 30.2 Å². The number of thiophene rings is 1. The van der Waals surface area contributed by atoms with Crippen LogP contribution in [0.25, 0.3) is 0 Å². The van der Waals surface area contributed by atoms with Crippen LogP contribution >= 0.6 is 11.3 Å². The summed E-state index contributed by atoms with van der Waals surface area (Å²) in [5.74, 6) is 5.64. The summed E-state index contributed by atoms with van der Waals surface area (Å²) in [4.78, 5) is 12.6. The molecule has 0 spiro atoms. The second kappa shape index (κ2) is 8.07. The molecule has 2 N–H and O–H groups in total. The molecule has 0 bridgehead atoms. The molecule has 0 fully saturated rings. The lowest BCUT2D eigenvalue weighted by Crippen LogP contribution is -2.32. The van der Waals surface area contributed by atoms with Gasteiger partial charge in [0.15, 0.2) is 0 Å². The van der Waals surface area contributed by atoms with Crippen LogP contribution in [0.3, 0.4) is 0 Å². The lowest BCUT2D eigenvalue weighted by molar-refractivity contribution is 0.0678. The number of rotatable bonds is 5. The number of allylic oxidation sites excluding steroid dienone is 2. The highest BCUT2D eigenvalue weighted by Crippen LogP contribution is 2.32. The molecule has 1 aliphatic rings. The first kappa shape index (κ1) is 19.6. The van der Waals surface area contributed by atoms with Gasteiger partial charge in [0, 0.05) is 18.4 Å². The Morgan fingerprint density at radius 3 is 2.72 bits per heavy atom. The largest absolute Gasteiger partial charge is 0.477 e. The molecule has 2 atom stereocenters. The molecule has 0 saturated carbocycles. The Kier molecular flexibility index (Phi) is 6.31. The quantitative estimate of drug-likeness (QED) is 0.441. The van der Waals surface area contributed by atoms with E-state index in [1.165, 1.54) is 16.9 Å². The number of anilines is 1. The van der Waals surface area contributed by atoms with Crippen molar-refractivity contribution in [3.8, 4) is 11.8 Å². The summed E-state index contributed by atoms with van der Waals surface area (Å²) in [5, 5.41) is 12.8. The van der Waals surface area contributed by atoms with E-state index in [4.69, 9.17) is 4.74 Å². The van der Waals surface area contributed by atoms with Crippen LogP contribution in [0.4, 0.5) is 5.69 Å². The first-order chi connectivity index (χ1) is 11.7. The molecule has 0 aromatic carbocycles. The Morgan fingerprint density at radius 1 is 1.48 bits per heavy atom. The third-order valence-electron chi connectivity index (χ3n) is 4.15. The molecule has 1 aliphatic carbocycles. The summed E-state index contributed by atoms with van der Waals surface area (Å²) >= 11 is 1.20. The molecule has 2 rings (SSSR count). The van der Waals surface area contributed by atoms with Gasteiger partial charge in [0.1, 0.15) is 11.1 Å². The van der Waals surface area contributed by atoms with Crippen LogP contribution in [-0.2, 0) is 4.74 Å². The molecule has 0 amide bonds. The van der Waals surface area contributed by atoms with E-state index < -0.39 is 5.97 Å². The Balaban J connectivity index is 2.22. The van der Waals surface area contributed by atoms with Crippen molar-refractivity contribution in [2.45, 2.75) is 53.2 Å². The molecule has 0 saturated heterocycles. The zero-order chi connectivity index (χ0) is 18.6. The van der Waals surface area contributed by atoms with Gasteiger partial charge in [0.05, 0.1) is 10.6 Å². The Hall–Kier alpha value is -1.77. The van der Waals surface area contributed by atoms with Gasteiger partial charge >= 0.3 is 5.97 Å². The fourth-order valence-corrected chi connectivity index (χ4v) is 3.56. The topological polar surface area (TPSA) is 58.6 Å². The summed E-state index contributed by atoms with van der Waals surface area (Å²) in [6.07, 6.45) is 5.08. The monoisotopic (exact) mass is 361 g/mol. The van der Waals surface area contributed by atoms with Gasteiger partial charge in [-0.05, 0) is 53.0 Å². The summed E-state index contributed by atoms with van der Waals surface area (Å²) in [7, 11) is 1.66. The molecule has 1 aromatic rings. The van der Waals surface area contributed by atoms with Crippen LogP contribution in [0.5, 0.6) is 0 Å². The van der Waals surface area contributed by atoms with Crippen molar-refractivity contribution in [1.29, 1.82) is 0 Å². The Bertz CT molecular complexity index is 716. The van der Waals surface area contributed by atoms with Gasteiger partial charge in [-0.3, -0.25) is 0 Å². The van der Waals surface area contributed by atoms with Crippen LogP contribution in [-0.4, -0.2) is 24.4 Å². The van der Waals surface area contributed by atoms with Crippen LogP contribution in [0.1, 0.15) is 61.5 Å². The molecule has 1 aromatic heterocycles. The number of nitrogens with one attached hydrogen (secondary N) is 1. The van der Waals surface area contributed by atoms with Crippen LogP contribution < -0.4 is 5.32 Å². The van der Waals surface area contributed by atoms with Gasteiger partial charge < -0.3 is 15.2 Å². The average molecular weight is 362 g/mol. The van der Waals surface area contributed by atoms with Crippen LogP contribution in [0, 0.1) is 23.2 Å². The Labute approximate surface area is 154 Å². The van der Waals surface area contributed by atoms with E-state index >= 15 is 0 Å². The predicted molar refractivity (Wildman–Crippen MR) is 103 cm³/mol. The van der Waals surface area contributed by atoms with Gasteiger partial charge in [-0.25, -0.2) is 4.79 Å². The molecular formula is C20H27NO3S. The summed E-state index contributed by atoms with van der Waals surface area (Å²) < 4.78 is 5.62. The summed E-state index contributed by atoms with van der Waals surface area (Å²) in [5.41, 5.74) is 1.88. The molecule has 1 heterocycles.